The van der Waals surface area contributed by atoms with Crippen molar-refractivity contribution in [3.8, 4) is 0 Å². The summed E-state index contributed by atoms with van der Waals surface area (Å²) < 4.78 is 0.546. The zero-order valence-electron chi connectivity index (χ0n) is 6.61. The van der Waals surface area contributed by atoms with Crippen LogP contribution < -0.4 is 4.90 Å². The van der Waals surface area contributed by atoms with Crippen LogP contribution in [0.5, 0.6) is 0 Å². The van der Waals surface area contributed by atoms with Crippen LogP contribution in [0.1, 0.15) is 6.42 Å². The van der Waals surface area contributed by atoms with Gasteiger partial charge in [0.05, 0.1) is 25.3 Å². The molecule has 2 heterocycles. The Morgan fingerprint density at radius 3 is 3.00 bits per heavy atom. The van der Waals surface area contributed by atoms with Crippen LogP contribution in [0.2, 0.25) is 4.34 Å². The maximum Gasteiger partial charge on any atom is 0.231 e. The van der Waals surface area contributed by atoms with Crippen molar-refractivity contribution in [2.75, 3.05) is 11.4 Å². The topological polar surface area (TPSA) is 53.4 Å². The number of thiazole rings is 1. The summed E-state index contributed by atoms with van der Waals surface area (Å²) in [5, 5.41) is 9.78. The highest BCUT2D eigenvalue weighted by Gasteiger charge is 2.30. The molecule has 6 heteroatoms. The first-order valence-corrected chi connectivity index (χ1v) is 4.96. The largest absolute Gasteiger partial charge is 0.391 e. The lowest BCUT2D eigenvalue weighted by Gasteiger charge is -2.10. The van der Waals surface area contributed by atoms with Crippen molar-refractivity contribution in [2.45, 2.75) is 12.5 Å². The highest BCUT2D eigenvalue weighted by molar-refractivity contribution is 7.19. The van der Waals surface area contributed by atoms with E-state index in [1.165, 1.54) is 22.4 Å². The molecule has 0 saturated carbocycles. The van der Waals surface area contributed by atoms with E-state index in [0.717, 1.165) is 0 Å². The fourth-order valence-corrected chi connectivity index (χ4v) is 2.17. The minimum atomic E-state index is -0.574. The molecule has 0 aromatic carbocycles. The molecule has 70 valence electrons. The van der Waals surface area contributed by atoms with Crippen LogP contribution in [-0.2, 0) is 4.79 Å². The van der Waals surface area contributed by atoms with Crippen LogP contribution >= 0.6 is 22.9 Å². The number of aliphatic hydroxyl groups excluding tert-OH is 1. The Morgan fingerprint density at radius 1 is 1.77 bits per heavy atom. The van der Waals surface area contributed by atoms with E-state index in [0.29, 0.717) is 16.0 Å². The van der Waals surface area contributed by atoms with Crippen molar-refractivity contribution in [3.63, 3.8) is 0 Å². The second-order valence-electron chi connectivity index (χ2n) is 2.81. The Bertz CT molecular complexity index is 341. The number of carbonyl (C=O) groups is 1. The highest BCUT2D eigenvalue weighted by Crippen LogP contribution is 2.29. The summed E-state index contributed by atoms with van der Waals surface area (Å²) in [6.07, 6.45) is 1.10. The fourth-order valence-electron chi connectivity index (χ4n) is 1.24. The molecule has 1 N–H and O–H groups in total. The molecule has 1 fully saturated rings. The summed E-state index contributed by atoms with van der Waals surface area (Å²) in [6.45, 7) is 0.322. The number of β-amino-alcohol motifs (C(OH)–C–C–N with tert-alkyl or cyclic N) is 1. The summed E-state index contributed by atoms with van der Waals surface area (Å²) in [7, 11) is 0. The average molecular weight is 219 g/mol. The molecule has 1 saturated heterocycles. The summed E-state index contributed by atoms with van der Waals surface area (Å²) >= 11 is 6.92. The second kappa shape index (κ2) is 3.25. The van der Waals surface area contributed by atoms with E-state index in [1.807, 2.05) is 0 Å². The number of aromatic nitrogens is 1. The first-order valence-electron chi connectivity index (χ1n) is 3.76. The Labute approximate surface area is 83.8 Å². The van der Waals surface area contributed by atoms with E-state index in [1.54, 1.807) is 0 Å². The van der Waals surface area contributed by atoms with Gasteiger partial charge in [-0.3, -0.25) is 9.69 Å². The number of rotatable bonds is 1. The maximum absolute atomic E-state index is 11.3. The van der Waals surface area contributed by atoms with E-state index in [4.69, 9.17) is 11.6 Å². The van der Waals surface area contributed by atoms with Gasteiger partial charge in [-0.1, -0.05) is 22.9 Å². The predicted octanol–water partition coefficient (Wildman–Crippen LogP) is 0.894. The lowest BCUT2D eigenvalue weighted by molar-refractivity contribution is -0.117. The third kappa shape index (κ3) is 1.67. The molecule has 0 radical (unpaired) electrons. The molecule has 2 rings (SSSR count). The molecule has 13 heavy (non-hydrogen) atoms. The van der Waals surface area contributed by atoms with Crippen LogP contribution in [0.15, 0.2) is 6.20 Å². The van der Waals surface area contributed by atoms with Gasteiger partial charge in [-0.25, -0.2) is 4.98 Å². The van der Waals surface area contributed by atoms with E-state index >= 15 is 0 Å². The SMILES string of the molecule is O=C1CC(O)CN1c1ncc(Cl)s1. The molecular formula is C7H7ClN2O2S. The van der Waals surface area contributed by atoms with Crippen molar-refractivity contribution >= 4 is 34.0 Å². The minimum absolute atomic E-state index is 0.0986. The third-order valence-electron chi connectivity index (χ3n) is 1.80. The third-order valence-corrected chi connectivity index (χ3v) is 2.94. The van der Waals surface area contributed by atoms with Gasteiger partial charge in [0.1, 0.15) is 4.34 Å². The molecule has 1 unspecified atom stereocenters. The lowest BCUT2D eigenvalue weighted by atomic mass is 10.3. The Balaban J connectivity index is 2.22. The van der Waals surface area contributed by atoms with Gasteiger partial charge in [0, 0.05) is 0 Å². The molecular weight excluding hydrogens is 212 g/mol. The van der Waals surface area contributed by atoms with Crippen molar-refractivity contribution in [2.24, 2.45) is 0 Å². The number of hydrogen-bond acceptors (Lipinski definition) is 4. The molecule has 0 bridgehead atoms. The first kappa shape index (κ1) is 8.93. The number of halogens is 1. The van der Waals surface area contributed by atoms with E-state index in [2.05, 4.69) is 4.98 Å². The van der Waals surface area contributed by atoms with Gasteiger partial charge in [-0.05, 0) is 0 Å². The fraction of sp³-hybridized carbons (Fsp3) is 0.429. The summed E-state index contributed by atoms with van der Waals surface area (Å²) in [5.41, 5.74) is 0. The van der Waals surface area contributed by atoms with Crippen molar-refractivity contribution in [3.05, 3.63) is 10.5 Å². The van der Waals surface area contributed by atoms with Crippen molar-refractivity contribution in [1.82, 2.24) is 4.98 Å². The van der Waals surface area contributed by atoms with E-state index in [9.17, 15) is 9.90 Å². The van der Waals surface area contributed by atoms with Crippen LogP contribution in [0.3, 0.4) is 0 Å². The standard InChI is InChI=1S/C7H7ClN2O2S/c8-5-2-9-7(13-5)10-3-4(11)1-6(10)12/h2,4,11H,1,3H2. The van der Waals surface area contributed by atoms with Gasteiger partial charge in [0.15, 0.2) is 5.13 Å². The molecule has 0 aliphatic carbocycles. The second-order valence-corrected chi connectivity index (χ2v) is 4.45. The van der Waals surface area contributed by atoms with Gasteiger partial charge >= 0.3 is 0 Å². The normalized spacial score (nSPS) is 22.8. The van der Waals surface area contributed by atoms with Gasteiger partial charge in [-0.2, -0.15) is 0 Å². The Hall–Kier alpha value is -0.650. The molecule has 1 aromatic heterocycles. The molecule has 0 spiro atoms. The van der Waals surface area contributed by atoms with E-state index in [-0.39, 0.29) is 12.3 Å². The number of nitrogens with zero attached hydrogens (tertiary/aromatic N) is 2. The van der Waals surface area contributed by atoms with Crippen molar-refractivity contribution in [1.29, 1.82) is 0 Å². The number of hydrogen-bond donors (Lipinski definition) is 1. The number of carbonyl (C=O) groups excluding carboxylic acids is 1. The summed E-state index contributed by atoms with van der Waals surface area (Å²) in [6, 6.07) is 0. The molecule has 1 aliphatic rings. The monoisotopic (exact) mass is 218 g/mol. The van der Waals surface area contributed by atoms with Gasteiger partial charge in [0.25, 0.3) is 0 Å². The van der Waals surface area contributed by atoms with Crippen LogP contribution in [-0.4, -0.2) is 28.6 Å². The molecule has 1 amide bonds. The summed E-state index contributed by atoms with van der Waals surface area (Å²) in [5.74, 6) is -0.0986. The molecule has 1 atom stereocenters. The van der Waals surface area contributed by atoms with Gasteiger partial charge in [0.2, 0.25) is 5.91 Å². The van der Waals surface area contributed by atoms with Gasteiger partial charge in [-0.15, -0.1) is 0 Å². The Morgan fingerprint density at radius 2 is 2.54 bits per heavy atom. The maximum atomic E-state index is 11.3. The zero-order valence-corrected chi connectivity index (χ0v) is 8.18. The van der Waals surface area contributed by atoms with Gasteiger partial charge < -0.3 is 5.11 Å². The zero-order chi connectivity index (χ0) is 9.42. The predicted molar refractivity (Wildman–Crippen MR) is 50.1 cm³/mol. The number of amides is 1. The number of anilines is 1. The van der Waals surface area contributed by atoms with E-state index < -0.39 is 6.10 Å². The highest BCUT2D eigenvalue weighted by atomic mass is 35.5. The molecule has 1 aliphatic heterocycles. The molecule has 4 nitrogen and oxygen atoms in total. The lowest BCUT2D eigenvalue weighted by Crippen LogP contribution is -2.24. The Kier molecular flexibility index (Phi) is 2.23. The number of aliphatic hydroxyl groups is 1. The minimum Gasteiger partial charge on any atom is -0.391 e. The average Bonchev–Trinajstić information content (AvgIpc) is 2.58. The quantitative estimate of drug-likeness (QED) is 0.762. The molecule has 1 aromatic rings. The van der Waals surface area contributed by atoms with Crippen molar-refractivity contribution < 1.29 is 9.90 Å². The van der Waals surface area contributed by atoms with Crippen LogP contribution in [0, 0.1) is 0 Å². The van der Waals surface area contributed by atoms with Crippen LogP contribution in [0.25, 0.3) is 0 Å². The summed E-state index contributed by atoms with van der Waals surface area (Å²) in [4.78, 5) is 16.7. The van der Waals surface area contributed by atoms with Crippen LogP contribution in [0.4, 0.5) is 5.13 Å². The first-order chi connectivity index (χ1) is 6.16. The smallest absolute Gasteiger partial charge is 0.231 e.